The fourth-order valence-corrected chi connectivity index (χ4v) is 0.522. The van der Waals surface area contributed by atoms with Gasteiger partial charge in [-0.25, -0.2) is 0 Å². The molecular weight excluding hydrogens is 153 g/mol. The third-order valence-corrected chi connectivity index (χ3v) is 1.20. The van der Waals surface area contributed by atoms with Gasteiger partial charge in [-0.05, 0) is 6.92 Å². The molecule has 0 fully saturated rings. The first-order valence-electron chi connectivity index (χ1n) is 2.64. The molecule has 0 aromatic rings. The lowest BCUT2D eigenvalue weighted by Crippen LogP contribution is -2.35. The van der Waals surface area contributed by atoms with Crippen molar-refractivity contribution in [2.45, 2.75) is 6.92 Å². The van der Waals surface area contributed by atoms with Crippen molar-refractivity contribution in [3.63, 3.8) is 0 Å². The number of aliphatic hydroxyl groups is 1. The molecule has 3 N–H and O–H groups in total. The Morgan fingerprint density at radius 1 is 1.50 bits per heavy atom. The summed E-state index contributed by atoms with van der Waals surface area (Å²) in [4.78, 5) is 1.21. The van der Waals surface area contributed by atoms with E-state index in [0.29, 0.717) is 4.91 Å². The Morgan fingerprint density at radius 2 is 1.90 bits per heavy atom. The molecule has 0 saturated carbocycles. The topological polar surface area (TPSA) is 63.9 Å². The lowest BCUT2D eigenvalue weighted by molar-refractivity contribution is 0.240. The highest BCUT2D eigenvalue weighted by atomic mass is 32.1. The van der Waals surface area contributed by atoms with Gasteiger partial charge in [-0.2, -0.15) is 0 Å². The quantitative estimate of drug-likeness (QED) is 0.253. The molecule has 0 spiro atoms. The van der Waals surface area contributed by atoms with Crippen LogP contribution in [0.2, 0.25) is 0 Å². The Kier molecular flexibility index (Phi) is 3.63. The highest BCUT2D eigenvalue weighted by Gasteiger charge is 2.18. The van der Waals surface area contributed by atoms with Crippen molar-refractivity contribution < 1.29 is 15.2 Å². The predicted molar refractivity (Wildman–Crippen MR) is 42.3 cm³/mol. The summed E-state index contributed by atoms with van der Waals surface area (Å²) in [7, 11) is -0.359. The minimum atomic E-state index is -1.69. The largest absolute Gasteiger partial charge is 0.589 e. The number of allylic oxidation sites excluding steroid dienone is 1. The van der Waals surface area contributed by atoms with Gasteiger partial charge in [-0.1, -0.05) is 0 Å². The fourth-order valence-electron chi connectivity index (χ4n) is 0.365. The van der Waals surface area contributed by atoms with Crippen LogP contribution in [0.25, 0.3) is 0 Å². The van der Waals surface area contributed by atoms with Gasteiger partial charge in [0, 0.05) is 12.0 Å². The molecule has 0 heterocycles. The summed E-state index contributed by atoms with van der Waals surface area (Å²) in [6.45, 7) is 1.54. The number of nitrogens with zero attached hydrogens (tertiary/aromatic N) is 1. The highest BCUT2D eigenvalue weighted by Crippen LogP contribution is 2.07. The van der Waals surface area contributed by atoms with Crippen LogP contribution in [0, 0.1) is 0 Å². The normalized spacial score (nSPS) is 12.5. The average Bonchev–Trinajstić information content (AvgIpc) is 1.84. The van der Waals surface area contributed by atoms with Crippen molar-refractivity contribution in [1.29, 1.82) is 0 Å². The van der Waals surface area contributed by atoms with Gasteiger partial charge in [0.1, 0.15) is 0 Å². The maximum Gasteiger partial charge on any atom is 0.589 e. The van der Waals surface area contributed by atoms with Gasteiger partial charge >= 0.3 is 7.25 Å². The van der Waals surface area contributed by atoms with E-state index in [4.69, 9.17) is 15.2 Å². The van der Waals surface area contributed by atoms with E-state index in [2.05, 4.69) is 12.6 Å². The molecule has 0 aliphatic heterocycles. The van der Waals surface area contributed by atoms with Gasteiger partial charge in [0.05, 0.1) is 0 Å². The third-order valence-electron chi connectivity index (χ3n) is 1.00. The zero-order valence-corrected chi connectivity index (χ0v) is 6.71. The first-order chi connectivity index (χ1) is 4.46. The van der Waals surface area contributed by atoms with Gasteiger partial charge in [-0.3, -0.25) is 0 Å². The Balaban J connectivity index is 4.22. The summed E-state index contributed by atoms with van der Waals surface area (Å²) in [6, 6.07) is 0. The molecule has 0 rings (SSSR count). The summed E-state index contributed by atoms with van der Waals surface area (Å²) in [6.07, 6.45) is 0. The minimum Gasteiger partial charge on any atom is -0.495 e. The summed E-state index contributed by atoms with van der Waals surface area (Å²) >= 11 is 3.79. The van der Waals surface area contributed by atoms with Crippen molar-refractivity contribution in [1.82, 2.24) is 4.81 Å². The molecule has 6 heteroatoms. The molecule has 0 aromatic carbocycles. The summed E-state index contributed by atoms with van der Waals surface area (Å²) in [5, 5.41) is 26.0. The second-order valence-electron chi connectivity index (χ2n) is 1.87. The second-order valence-corrected chi connectivity index (χ2v) is 2.54. The Bertz CT molecular complexity index is 145. The molecule has 58 valence electrons. The first-order valence-corrected chi connectivity index (χ1v) is 3.09. The smallest absolute Gasteiger partial charge is 0.495 e. The Labute approximate surface area is 65.4 Å². The van der Waals surface area contributed by atoms with E-state index in [1.807, 2.05) is 0 Å². The van der Waals surface area contributed by atoms with E-state index >= 15 is 0 Å². The Morgan fingerprint density at radius 3 is 2.00 bits per heavy atom. The minimum absolute atomic E-state index is 0.252. The second kappa shape index (κ2) is 3.75. The van der Waals surface area contributed by atoms with E-state index in [1.165, 1.54) is 14.0 Å². The monoisotopic (exact) mass is 163 g/mol. The molecule has 0 atom stereocenters. The number of hydrogen-bond acceptors (Lipinski definition) is 5. The van der Waals surface area contributed by atoms with Crippen LogP contribution in [0.3, 0.4) is 0 Å². The molecule has 0 aliphatic rings. The highest BCUT2D eigenvalue weighted by molar-refractivity contribution is 7.84. The third kappa shape index (κ3) is 2.51. The number of aliphatic hydroxyl groups excluding tert-OH is 1. The molecule has 0 amide bonds. The summed E-state index contributed by atoms with van der Waals surface area (Å²) in [5.41, 5.74) is 0. The zero-order valence-electron chi connectivity index (χ0n) is 5.81. The number of rotatable bonds is 2. The van der Waals surface area contributed by atoms with E-state index in [0.717, 1.165) is 4.81 Å². The van der Waals surface area contributed by atoms with Crippen molar-refractivity contribution >= 4 is 19.9 Å². The van der Waals surface area contributed by atoms with Crippen LogP contribution in [-0.2, 0) is 0 Å². The lowest BCUT2D eigenvalue weighted by atomic mass is 10.1. The molecule has 0 radical (unpaired) electrons. The van der Waals surface area contributed by atoms with Crippen LogP contribution < -0.4 is 0 Å². The van der Waals surface area contributed by atoms with Gasteiger partial charge in [0.15, 0.2) is 5.88 Å². The first kappa shape index (κ1) is 9.67. The van der Waals surface area contributed by atoms with E-state index in [-0.39, 0.29) is 5.88 Å². The van der Waals surface area contributed by atoms with Crippen molar-refractivity contribution in [2.24, 2.45) is 0 Å². The Hall–Kier alpha value is -0.325. The maximum absolute atomic E-state index is 8.97. The van der Waals surface area contributed by atoms with Crippen LogP contribution in [0.5, 0.6) is 0 Å². The molecule has 0 aliphatic carbocycles. The van der Waals surface area contributed by atoms with Gasteiger partial charge in [-0.15, -0.1) is 12.6 Å². The average molecular weight is 163 g/mol. The van der Waals surface area contributed by atoms with Crippen LogP contribution in [0.4, 0.5) is 0 Å². The van der Waals surface area contributed by atoms with Crippen LogP contribution >= 0.6 is 12.6 Å². The number of hydrogen-bond donors (Lipinski definition) is 4. The van der Waals surface area contributed by atoms with Crippen LogP contribution in [-0.4, -0.2) is 34.3 Å². The summed E-state index contributed by atoms with van der Waals surface area (Å²) < 4.78 is 0. The van der Waals surface area contributed by atoms with Crippen molar-refractivity contribution in [3.8, 4) is 0 Å². The van der Waals surface area contributed by atoms with E-state index < -0.39 is 7.25 Å². The molecule has 0 aromatic heterocycles. The molecule has 10 heavy (non-hydrogen) atoms. The standard InChI is InChI=1S/C4H10BNO3S/c1-3(10)4(7)6(2)5(8)9/h7-10H,1-2H3/b4-3+. The van der Waals surface area contributed by atoms with E-state index in [1.54, 1.807) is 0 Å². The van der Waals surface area contributed by atoms with Crippen molar-refractivity contribution in [3.05, 3.63) is 10.8 Å². The lowest BCUT2D eigenvalue weighted by Gasteiger charge is -2.16. The van der Waals surface area contributed by atoms with Gasteiger partial charge in [0.25, 0.3) is 0 Å². The van der Waals surface area contributed by atoms with E-state index in [9.17, 15) is 0 Å². The molecule has 0 bridgehead atoms. The SMILES string of the molecule is C/C(S)=C(\O)N(C)B(O)O. The summed E-state index contributed by atoms with van der Waals surface area (Å²) in [5.74, 6) is -0.252. The molecule has 0 unspecified atom stereocenters. The van der Waals surface area contributed by atoms with Crippen molar-refractivity contribution in [2.75, 3.05) is 7.05 Å². The number of thiol groups is 1. The maximum atomic E-state index is 8.97. The van der Waals surface area contributed by atoms with Crippen LogP contribution in [0.15, 0.2) is 10.8 Å². The molecule has 4 nitrogen and oxygen atoms in total. The molecular formula is C4H10BNO3S. The predicted octanol–water partition coefficient (Wildman–Crippen LogP) is -0.435. The van der Waals surface area contributed by atoms with Crippen LogP contribution in [0.1, 0.15) is 6.92 Å². The zero-order chi connectivity index (χ0) is 8.31. The fraction of sp³-hybridized carbons (Fsp3) is 0.500. The van der Waals surface area contributed by atoms with Gasteiger partial charge in [0.2, 0.25) is 0 Å². The van der Waals surface area contributed by atoms with Gasteiger partial charge < -0.3 is 20.0 Å². The molecule has 0 saturated heterocycles.